The predicted octanol–water partition coefficient (Wildman–Crippen LogP) is -1.99. The molecule has 1 aromatic carbocycles. The zero-order valence-corrected chi connectivity index (χ0v) is 10.8. The monoisotopic (exact) mass is 282 g/mol. The molecule has 0 saturated heterocycles. The van der Waals surface area contributed by atoms with Crippen LogP contribution in [0.3, 0.4) is 0 Å². The molecule has 1 heterocycles. The molecule has 4 heteroatoms. The Morgan fingerprint density at radius 2 is 2.06 bits per heavy atom. The fourth-order valence-corrected chi connectivity index (χ4v) is 1.54. The topological polar surface area (TPSA) is 39.1 Å². The first-order valence-electron chi connectivity index (χ1n) is 5.01. The second-order valence-corrected chi connectivity index (χ2v) is 3.54. The molecule has 0 amide bonds. The van der Waals surface area contributed by atoms with Crippen molar-refractivity contribution in [2.24, 2.45) is 12.8 Å². The van der Waals surface area contributed by atoms with Crippen LogP contribution >= 0.6 is 0 Å². The Morgan fingerprint density at radius 1 is 1.25 bits per heavy atom. The van der Waals surface area contributed by atoms with E-state index in [-0.39, 0.29) is 17.0 Å². The summed E-state index contributed by atoms with van der Waals surface area (Å²) in [5, 5.41) is 2.39. The van der Waals surface area contributed by atoms with Crippen LogP contribution < -0.4 is 32.0 Å². The molecule has 0 fully saturated rings. The molecule has 0 atom stereocenters. The van der Waals surface area contributed by atoms with E-state index < -0.39 is 0 Å². The highest BCUT2D eigenvalue weighted by molar-refractivity contribution is 5.82. The summed E-state index contributed by atoms with van der Waals surface area (Å²) in [5.74, 6) is 0.877. The molecule has 0 aliphatic rings. The van der Waals surface area contributed by atoms with Gasteiger partial charge in [-0.3, -0.25) is 0 Å². The number of hydrogen-bond donors (Lipinski definition) is 1. The number of fused-ring (bicyclic) bond motifs is 1. The van der Waals surface area contributed by atoms with E-state index in [0.29, 0.717) is 13.2 Å². The fourth-order valence-electron chi connectivity index (χ4n) is 1.54. The van der Waals surface area contributed by atoms with Crippen molar-refractivity contribution < 1.29 is 26.3 Å². The second-order valence-electron chi connectivity index (χ2n) is 3.54. The average molecular weight is 283 g/mol. The van der Waals surface area contributed by atoms with E-state index in [2.05, 4.69) is 18.3 Å². The highest BCUT2D eigenvalue weighted by Crippen LogP contribution is 2.18. The summed E-state index contributed by atoms with van der Waals surface area (Å²) >= 11 is 0. The van der Waals surface area contributed by atoms with Gasteiger partial charge in [-0.05, 0) is 23.6 Å². The number of benzene rings is 1. The number of halogens is 1. The van der Waals surface area contributed by atoms with Gasteiger partial charge in [0, 0.05) is 18.0 Å². The molecule has 86 valence electrons. The van der Waals surface area contributed by atoms with Gasteiger partial charge in [0.25, 0.3) is 0 Å². The van der Waals surface area contributed by atoms with Crippen LogP contribution in [0.15, 0.2) is 36.7 Å². The summed E-state index contributed by atoms with van der Waals surface area (Å²) in [6, 6.07) is 8.13. The first kappa shape index (κ1) is 12.9. The third-order valence-electron chi connectivity index (χ3n) is 2.28. The lowest BCUT2D eigenvalue weighted by Crippen LogP contribution is -3.00. The van der Waals surface area contributed by atoms with Crippen molar-refractivity contribution in [1.29, 1.82) is 0 Å². The molecule has 0 spiro atoms. The lowest BCUT2D eigenvalue weighted by Gasteiger charge is -2.04. The lowest BCUT2D eigenvalue weighted by molar-refractivity contribution is -0.670. The fraction of sp³-hybridized carbons (Fsp3) is 0.250. The van der Waals surface area contributed by atoms with E-state index in [1.54, 1.807) is 0 Å². The van der Waals surface area contributed by atoms with Gasteiger partial charge < -0.3 is 27.5 Å². The predicted molar refractivity (Wildman–Crippen MR) is 59.7 cm³/mol. The minimum atomic E-state index is 0. The Labute approximate surface area is 106 Å². The van der Waals surface area contributed by atoms with Gasteiger partial charge in [0.05, 0.1) is 0 Å². The standard InChI is InChI=1S/C12H15N2O.BrH/c1-14-6-4-10-8-12(15-7-5-13)3-2-11(10)9-14;/h2-4,6,8-9H,5,7,13H2,1H3;1H/q+1;/p-1. The normalized spacial score (nSPS) is 9.88. The van der Waals surface area contributed by atoms with Gasteiger partial charge in [0.15, 0.2) is 12.4 Å². The van der Waals surface area contributed by atoms with Crippen LogP contribution in [0.5, 0.6) is 5.75 Å². The van der Waals surface area contributed by atoms with Gasteiger partial charge in [-0.2, -0.15) is 0 Å². The van der Waals surface area contributed by atoms with Crippen LogP contribution in [0.4, 0.5) is 0 Å². The molecule has 0 saturated carbocycles. The molecule has 0 aliphatic carbocycles. The number of hydrogen-bond acceptors (Lipinski definition) is 2. The number of aromatic nitrogens is 1. The Balaban J connectivity index is 0.00000128. The van der Waals surface area contributed by atoms with E-state index in [1.807, 2.05) is 29.9 Å². The van der Waals surface area contributed by atoms with E-state index in [1.165, 1.54) is 10.8 Å². The maximum Gasteiger partial charge on any atom is 0.176 e. The van der Waals surface area contributed by atoms with Gasteiger partial charge in [-0.25, -0.2) is 4.57 Å². The molecular weight excluding hydrogens is 268 g/mol. The Morgan fingerprint density at radius 3 is 2.81 bits per heavy atom. The molecule has 2 rings (SSSR count). The number of nitrogens with two attached hydrogens (primary N) is 1. The summed E-state index contributed by atoms with van der Waals surface area (Å²) in [5.41, 5.74) is 5.38. The SMILES string of the molecule is C[n+]1ccc2cc(OCCN)ccc2c1.[Br-]. The first-order valence-corrected chi connectivity index (χ1v) is 5.01. The van der Waals surface area contributed by atoms with Crippen LogP contribution in [0, 0.1) is 0 Å². The molecule has 2 aromatic rings. The van der Waals surface area contributed by atoms with Crippen LogP contribution in [0.25, 0.3) is 10.8 Å². The van der Waals surface area contributed by atoms with Crippen molar-refractivity contribution >= 4 is 10.8 Å². The van der Waals surface area contributed by atoms with Gasteiger partial charge >= 0.3 is 0 Å². The molecular formula is C12H15BrN2O. The zero-order chi connectivity index (χ0) is 10.7. The number of aryl methyl sites for hydroxylation is 1. The summed E-state index contributed by atoms with van der Waals surface area (Å²) in [6.07, 6.45) is 4.11. The van der Waals surface area contributed by atoms with E-state index in [9.17, 15) is 0 Å². The van der Waals surface area contributed by atoms with Gasteiger partial charge in [-0.15, -0.1) is 0 Å². The Hall–Kier alpha value is -1.13. The maximum atomic E-state index is 5.46. The van der Waals surface area contributed by atoms with Crippen molar-refractivity contribution in [3.63, 3.8) is 0 Å². The third-order valence-corrected chi connectivity index (χ3v) is 2.28. The van der Waals surface area contributed by atoms with E-state index in [4.69, 9.17) is 10.5 Å². The van der Waals surface area contributed by atoms with Crippen molar-refractivity contribution in [2.75, 3.05) is 13.2 Å². The third kappa shape index (κ3) is 2.93. The van der Waals surface area contributed by atoms with Crippen LogP contribution in [0.1, 0.15) is 0 Å². The Bertz CT molecular complexity index is 474. The van der Waals surface area contributed by atoms with E-state index >= 15 is 0 Å². The first-order chi connectivity index (χ1) is 7.29. The summed E-state index contributed by atoms with van der Waals surface area (Å²) in [6.45, 7) is 1.11. The zero-order valence-electron chi connectivity index (χ0n) is 9.19. The minimum Gasteiger partial charge on any atom is -1.00 e. The molecule has 0 aliphatic heterocycles. The number of nitrogens with zero attached hydrogens (tertiary/aromatic N) is 1. The molecule has 0 bridgehead atoms. The summed E-state index contributed by atoms with van der Waals surface area (Å²) in [7, 11) is 2.01. The molecule has 0 radical (unpaired) electrons. The van der Waals surface area contributed by atoms with Gasteiger partial charge in [0.2, 0.25) is 0 Å². The van der Waals surface area contributed by atoms with Crippen molar-refractivity contribution in [1.82, 2.24) is 0 Å². The van der Waals surface area contributed by atoms with Crippen molar-refractivity contribution in [3.05, 3.63) is 36.7 Å². The molecule has 0 unspecified atom stereocenters. The van der Waals surface area contributed by atoms with Gasteiger partial charge in [0.1, 0.15) is 19.4 Å². The van der Waals surface area contributed by atoms with Gasteiger partial charge in [-0.1, -0.05) is 0 Å². The quantitative estimate of drug-likeness (QED) is 0.662. The number of rotatable bonds is 3. The highest BCUT2D eigenvalue weighted by atomic mass is 79.9. The molecule has 3 nitrogen and oxygen atoms in total. The van der Waals surface area contributed by atoms with Crippen molar-refractivity contribution in [2.45, 2.75) is 0 Å². The van der Waals surface area contributed by atoms with Crippen LogP contribution in [0.2, 0.25) is 0 Å². The maximum absolute atomic E-state index is 5.46. The number of pyridine rings is 1. The number of ether oxygens (including phenoxy) is 1. The highest BCUT2D eigenvalue weighted by Gasteiger charge is 2.00. The smallest absolute Gasteiger partial charge is 0.176 e. The van der Waals surface area contributed by atoms with Crippen LogP contribution in [-0.2, 0) is 7.05 Å². The summed E-state index contributed by atoms with van der Waals surface area (Å²) in [4.78, 5) is 0. The largest absolute Gasteiger partial charge is 1.00 e. The minimum absolute atomic E-state index is 0. The lowest BCUT2D eigenvalue weighted by atomic mass is 10.2. The van der Waals surface area contributed by atoms with E-state index in [0.717, 1.165) is 5.75 Å². The van der Waals surface area contributed by atoms with Crippen LogP contribution in [-0.4, -0.2) is 13.2 Å². The van der Waals surface area contributed by atoms with Crippen molar-refractivity contribution in [3.8, 4) is 5.75 Å². The molecule has 2 N–H and O–H groups in total. The second kappa shape index (κ2) is 5.82. The Kier molecular flexibility index (Phi) is 4.71. The average Bonchev–Trinajstić information content (AvgIpc) is 2.26. The summed E-state index contributed by atoms with van der Waals surface area (Å²) < 4.78 is 7.49. The molecule has 1 aromatic heterocycles. The molecule has 16 heavy (non-hydrogen) atoms.